The second kappa shape index (κ2) is 2.87. The molecule has 1 fully saturated rings. The Kier molecular flexibility index (Phi) is 1.83. The molecule has 0 amide bonds. The van der Waals surface area contributed by atoms with Crippen LogP contribution >= 0.6 is 0 Å². The quantitative estimate of drug-likeness (QED) is 0.736. The zero-order chi connectivity index (χ0) is 9.31. The average molecular weight is 180 g/mol. The Hall–Kier alpha value is -1.32. The van der Waals surface area contributed by atoms with Gasteiger partial charge in [0.15, 0.2) is 0 Å². The Morgan fingerprint density at radius 3 is 2.85 bits per heavy atom. The van der Waals surface area contributed by atoms with Gasteiger partial charge in [0, 0.05) is 17.3 Å². The van der Waals surface area contributed by atoms with Gasteiger partial charge in [-0.1, -0.05) is 6.42 Å². The van der Waals surface area contributed by atoms with E-state index < -0.39 is 5.97 Å². The Bertz CT molecular complexity index is 301. The number of hydrogen-bond donors (Lipinski definition) is 2. The van der Waals surface area contributed by atoms with Crippen LogP contribution in [0.5, 0.6) is 0 Å². The third kappa shape index (κ3) is 1.32. The largest absolute Gasteiger partial charge is 0.481 e. The highest BCUT2D eigenvalue weighted by molar-refractivity contribution is 5.69. The normalized spacial score (nSPS) is 19.4. The number of nitrogens with one attached hydrogen (secondary N) is 1. The van der Waals surface area contributed by atoms with Gasteiger partial charge in [-0.25, -0.2) is 0 Å². The maximum atomic E-state index is 10.7. The number of nitrogens with zero attached hydrogens (tertiary/aromatic N) is 1. The fourth-order valence-electron chi connectivity index (χ4n) is 1.99. The third-order valence-corrected chi connectivity index (χ3v) is 2.87. The van der Waals surface area contributed by atoms with Crippen LogP contribution in [0.15, 0.2) is 12.3 Å². The van der Waals surface area contributed by atoms with Crippen LogP contribution in [0.4, 0.5) is 0 Å². The molecule has 2 N–H and O–H groups in total. The molecule has 0 spiro atoms. The highest BCUT2D eigenvalue weighted by Gasteiger charge is 2.41. The van der Waals surface area contributed by atoms with Crippen molar-refractivity contribution in [2.75, 3.05) is 0 Å². The lowest BCUT2D eigenvalue weighted by Gasteiger charge is -2.39. The lowest BCUT2D eigenvalue weighted by Crippen LogP contribution is -2.36. The molecule has 2 rings (SSSR count). The van der Waals surface area contributed by atoms with Gasteiger partial charge in [0.25, 0.3) is 0 Å². The number of carboxylic acids is 1. The van der Waals surface area contributed by atoms with Gasteiger partial charge in [-0.3, -0.25) is 9.89 Å². The summed E-state index contributed by atoms with van der Waals surface area (Å²) in [6.07, 6.45) is 4.93. The molecule has 0 radical (unpaired) electrons. The summed E-state index contributed by atoms with van der Waals surface area (Å²) in [6, 6.07) is 1.88. The van der Waals surface area contributed by atoms with E-state index in [0.29, 0.717) is 0 Å². The van der Waals surface area contributed by atoms with Crippen molar-refractivity contribution in [2.24, 2.45) is 0 Å². The van der Waals surface area contributed by atoms with Gasteiger partial charge in [-0.2, -0.15) is 5.10 Å². The fraction of sp³-hybridized carbons (Fsp3) is 0.556. The molecule has 1 aromatic rings. The van der Waals surface area contributed by atoms with Gasteiger partial charge >= 0.3 is 5.97 Å². The molecule has 0 atom stereocenters. The number of carboxylic acid groups (broad SMARTS) is 1. The van der Waals surface area contributed by atoms with Crippen molar-refractivity contribution in [1.82, 2.24) is 10.2 Å². The van der Waals surface area contributed by atoms with Crippen molar-refractivity contribution in [3.63, 3.8) is 0 Å². The summed E-state index contributed by atoms with van der Waals surface area (Å²) >= 11 is 0. The van der Waals surface area contributed by atoms with Crippen LogP contribution in [0.2, 0.25) is 0 Å². The first-order chi connectivity index (χ1) is 6.23. The van der Waals surface area contributed by atoms with Crippen molar-refractivity contribution < 1.29 is 9.90 Å². The molecule has 1 saturated carbocycles. The summed E-state index contributed by atoms with van der Waals surface area (Å²) in [6.45, 7) is 0. The van der Waals surface area contributed by atoms with Gasteiger partial charge in [0.05, 0.1) is 6.42 Å². The van der Waals surface area contributed by atoms with Crippen LogP contribution in [0.1, 0.15) is 31.4 Å². The standard InChI is InChI=1S/C9H12N2O2/c12-8(13)6-9(3-1-4-9)7-2-5-10-11-7/h2,5H,1,3-4,6H2,(H,10,11)(H,12,13). The molecule has 0 aromatic carbocycles. The molecule has 0 unspecified atom stereocenters. The van der Waals surface area contributed by atoms with E-state index in [2.05, 4.69) is 10.2 Å². The molecule has 1 heterocycles. The summed E-state index contributed by atoms with van der Waals surface area (Å²) in [7, 11) is 0. The number of aromatic nitrogens is 2. The molecule has 0 saturated heterocycles. The molecule has 4 nitrogen and oxygen atoms in total. The lowest BCUT2D eigenvalue weighted by molar-refractivity contribution is -0.139. The number of hydrogen-bond acceptors (Lipinski definition) is 2. The Balaban J connectivity index is 2.20. The number of rotatable bonds is 3. The van der Waals surface area contributed by atoms with E-state index >= 15 is 0 Å². The SMILES string of the molecule is O=C(O)CC1(c2ccn[nH]2)CCC1. The molecule has 4 heteroatoms. The first-order valence-electron chi connectivity index (χ1n) is 4.45. The van der Waals surface area contributed by atoms with Crippen molar-refractivity contribution in [2.45, 2.75) is 31.1 Å². The highest BCUT2D eigenvalue weighted by Crippen LogP contribution is 2.45. The van der Waals surface area contributed by atoms with E-state index in [-0.39, 0.29) is 11.8 Å². The maximum absolute atomic E-state index is 10.7. The minimum absolute atomic E-state index is 0.150. The molecule has 0 bridgehead atoms. The number of carbonyl (C=O) groups is 1. The van der Waals surface area contributed by atoms with Gasteiger partial charge in [0.1, 0.15) is 0 Å². The maximum Gasteiger partial charge on any atom is 0.304 e. The van der Waals surface area contributed by atoms with Crippen LogP contribution in [0.25, 0.3) is 0 Å². The van der Waals surface area contributed by atoms with Gasteiger partial charge in [-0.05, 0) is 18.9 Å². The summed E-state index contributed by atoms with van der Waals surface area (Å²) in [4.78, 5) is 10.7. The Morgan fingerprint density at radius 1 is 1.69 bits per heavy atom. The molecule has 0 aliphatic heterocycles. The Labute approximate surface area is 76.0 Å². The van der Waals surface area contributed by atoms with E-state index in [1.165, 1.54) is 0 Å². The molecule has 1 aliphatic rings. The molecule has 13 heavy (non-hydrogen) atoms. The van der Waals surface area contributed by atoms with Gasteiger partial charge in [-0.15, -0.1) is 0 Å². The van der Waals surface area contributed by atoms with Crippen LogP contribution < -0.4 is 0 Å². The predicted molar refractivity (Wildman–Crippen MR) is 46.4 cm³/mol. The number of H-pyrrole nitrogens is 1. The predicted octanol–water partition coefficient (Wildman–Crippen LogP) is 1.31. The van der Waals surface area contributed by atoms with Crippen LogP contribution in [-0.2, 0) is 10.2 Å². The summed E-state index contributed by atoms with van der Waals surface area (Å²) < 4.78 is 0. The van der Waals surface area contributed by atoms with Crippen molar-refractivity contribution in [3.05, 3.63) is 18.0 Å². The minimum atomic E-state index is -0.727. The monoisotopic (exact) mass is 180 g/mol. The fourth-order valence-corrected chi connectivity index (χ4v) is 1.99. The Morgan fingerprint density at radius 2 is 2.46 bits per heavy atom. The zero-order valence-electron chi connectivity index (χ0n) is 7.29. The van der Waals surface area contributed by atoms with E-state index in [4.69, 9.17) is 5.11 Å². The summed E-state index contributed by atoms with van der Waals surface area (Å²) in [5.41, 5.74) is 0.823. The lowest BCUT2D eigenvalue weighted by atomic mass is 9.64. The first-order valence-corrected chi connectivity index (χ1v) is 4.45. The van der Waals surface area contributed by atoms with E-state index in [1.54, 1.807) is 6.20 Å². The number of aromatic amines is 1. The average Bonchev–Trinajstić information content (AvgIpc) is 2.48. The van der Waals surface area contributed by atoms with Gasteiger partial charge < -0.3 is 5.11 Å². The third-order valence-electron chi connectivity index (χ3n) is 2.87. The van der Waals surface area contributed by atoms with E-state index in [1.807, 2.05) is 6.07 Å². The molecular weight excluding hydrogens is 168 g/mol. The summed E-state index contributed by atoms with van der Waals surface area (Å²) in [5.74, 6) is -0.727. The highest BCUT2D eigenvalue weighted by atomic mass is 16.4. The van der Waals surface area contributed by atoms with E-state index in [9.17, 15) is 4.79 Å². The zero-order valence-corrected chi connectivity index (χ0v) is 7.29. The second-order valence-corrected chi connectivity index (χ2v) is 3.67. The molecule has 70 valence electrons. The smallest absolute Gasteiger partial charge is 0.304 e. The topological polar surface area (TPSA) is 66.0 Å². The minimum Gasteiger partial charge on any atom is -0.481 e. The second-order valence-electron chi connectivity index (χ2n) is 3.67. The van der Waals surface area contributed by atoms with Crippen molar-refractivity contribution in [1.29, 1.82) is 0 Å². The molecular formula is C9H12N2O2. The summed E-state index contributed by atoms with van der Waals surface area (Å²) in [5, 5.41) is 15.5. The molecule has 1 aromatic heterocycles. The number of aliphatic carboxylic acids is 1. The van der Waals surface area contributed by atoms with E-state index in [0.717, 1.165) is 25.0 Å². The van der Waals surface area contributed by atoms with Crippen LogP contribution in [-0.4, -0.2) is 21.3 Å². The molecule has 1 aliphatic carbocycles. The van der Waals surface area contributed by atoms with Crippen molar-refractivity contribution >= 4 is 5.97 Å². The first kappa shape index (κ1) is 8.29. The van der Waals surface area contributed by atoms with Crippen LogP contribution in [0.3, 0.4) is 0 Å². The van der Waals surface area contributed by atoms with Crippen molar-refractivity contribution in [3.8, 4) is 0 Å². The van der Waals surface area contributed by atoms with Gasteiger partial charge in [0.2, 0.25) is 0 Å². The van der Waals surface area contributed by atoms with Crippen LogP contribution in [0, 0.1) is 0 Å².